The topological polar surface area (TPSA) is 48.1 Å². The minimum atomic E-state index is -4.74. The van der Waals surface area contributed by atoms with Gasteiger partial charge in [0.1, 0.15) is 5.75 Å². The number of benzene rings is 1. The monoisotopic (exact) mass is 254 g/mol. The van der Waals surface area contributed by atoms with Gasteiger partial charge in [-0.15, -0.1) is 13.2 Å². The van der Waals surface area contributed by atoms with E-state index in [0.29, 0.717) is 5.56 Å². The van der Waals surface area contributed by atoms with Gasteiger partial charge in [-0.3, -0.25) is 4.98 Å². The van der Waals surface area contributed by atoms with Gasteiger partial charge in [0.15, 0.2) is 0 Å². The Morgan fingerprint density at radius 1 is 1.06 bits per heavy atom. The van der Waals surface area contributed by atoms with Crippen LogP contribution in [0.2, 0.25) is 0 Å². The van der Waals surface area contributed by atoms with Crippen molar-refractivity contribution in [3.05, 3.63) is 42.7 Å². The molecule has 18 heavy (non-hydrogen) atoms. The number of pyridine rings is 1. The molecule has 0 aliphatic heterocycles. The molecule has 2 N–H and O–H groups in total. The molecule has 0 saturated heterocycles. The maximum absolute atomic E-state index is 12.3. The lowest BCUT2D eigenvalue weighted by Crippen LogP contribution is -2.17. The van der Waals surface area contributed by atoms with Crippen LogP contribution in [-0.2, 0) is 0 Å². The Morgan fingerprint density at radius 2 is 1.78 bits per heavy atom. The number of nitrogen functional groups attached to an aromatic ring is 1. The molecule has 0 aliphatic carbocycles. The van der Waals surface area contributed by atoms with E-state index in [-0.39, 0.29) is 17.0 Å². The minimum absolute atomic E-state index is 0.273. The molecule has 2 aromatic rings. The summed E-state index contributed by atoms with van der Waals surface area (Å²) in [6.45, 7) is 0. The van der Waals surface area contributed by atoms with Gasteiger partial charge in [-0.1, -0.05) is 18.2 Å². The summed E-state index contributed by atoms with van der Waals surface area (Å²) in [5, 5.41) is 0. The Bertz CT molecular complexity index is 555. The highest BCUT2D eigenvalue weighted by Gasteiger charge is 2.32. The van der Waals surface area contributed by atoms with Gasteiger partial charge in [-0.2, -0.15) is 0 Å². The lowest BCUT2D eigenvalue weighted by Gasteiger charge is -2.14. The molecule has 0 saturated carbocycles. The van der Waals surface area contributed by atoms with Crippen molar-refractivity contribution in [3.8, 4) is 16.9 Å². The second-order valence-corrected chi connectivity index (χ2v) is 3.51. The fourth-order valence-corrected chi connectivity index (χ4v) is 1.55. The van der Waals surface area contributed by atoms with Crippen molar-refractivity contribution in [2.75, 3.05) is 5.73 Å². The third-order valence-electron chi connectivity index (χ3n) is 2.25. The van der Waals surface area contributed by atoms with E-state index in [0.717, 1.165) is 0 Å². The van der Waals surface area contributed by atoms with Gasteiger partial charge in [0, 0.05) is 17.3 Å². The van der Waals surface area contributed by atoms with Crippen molar-refractivity contribution >= 4 is 5.69 Å². The van der Waals surface area contributed by atoms with Crippen LogP contribution in [0.5, 0.6) is 5.75 Å². The summed E-state index contributed by atoms with van der Waals surface area (Å²) in [6, 6.07) is 7.35. The quantitative estimate of drug-likeness (QED) is 0.895. The number of para-hydroxylation sites is 1. The number of hydrogen-bond acceptors (Lipinski definition) is 3. The first kappa shape index (κ1) is 12.2. The fourth-order valence-electron chi connectivity index (χ4n) is 1.55. The van der Waals surface area contributed by atoms with Crippen LogP contribution in [-0.4, -0.2) is 11.3 Å². The highest BCUT2D eigenvalue weighted by atomic mass is 19.4. The maximum Gasteiger partial charge on any atom is 0.573 e. The first-order valence-corrected chi connectivity index (χ1v) is 5.02. The average molecular weight is 254 g/mol. The number of halogens is 3. The summed E-state index contributed by atoms with van der Waals surface area (Å²) in [6.07, 6.45) is -1.91. The molecule has 0 bridgehead atoms. The highest BCUT2D eigenvalue weighted by molar-refractivity contribution is 5.79. The molecule has 1 heterocycles. The lowest BCUT2D eigenvalue weighted by atomic mass is 10.0. The minimum Gasteiger partial charge on any atom is -0.405 e. The summed E-state index contributed by atoms with van der Waals surface area (Å²) in [7, 11) is 0. The zero-order chi connectivity index (χ0) is 13.2. The normalized spacial score (nSPS) is 11.3. The van der Waals surface area contributed by atoms with E-state index in [1.165, 1.54) is 36.7 Å². The van der Waals surface area contributed by atoms with Crippen molar-refractivity contribution in [3.63, 3.8) is 0 Å². The highest BCUT2D eigenvalue weighted by Crippen LogP contribution is 2.35. The molecule has 3 nitrogen and oxygen atoms in total. The maximum atomic E-state index is 12.3. The van der Waals surface area contributed by atoms with E-state index >= 15 is 0 Å². The number of rotatable bonds is 2. The van der Waals surface area contributed by atoms with Gasteiger partial charge in [-0.25, -0.2) is 0 Å². The van der Waals surface area contributed by atoms with Crippen molar-refractivity contribution in [1.29, 1.82) is 0 Å². The first-order chi connectivity index (χ1) is 8.47. The van der Waals surface area contributed by atoms with Crippen LogP contribution >= 0.6 is 0 Å². The third kappa shape index (κ3) is 2.71. The van der Waals surface area contributed by atoms with E-state index in [2.05, 4.69) is 9.72 Å². The summed E-state index contributed by atoms with van der Waals surface area (Å²) in [4.78, 5) is 3.79. The van der Waals surface area contributed by atoms with Gasteiger partial charge in [0.05, 0.1) is 11.9 Å². The fraction of sp³-hybridized carbons (Fsp3) is 0.0833. The van der Waals surface area contributed by atoms with Crippen LogP contribution in [0.25, 0.3) is 11.1 Å². The second kappa shape index (κ2) is 4.56. The van der Waals surface area contributed by atoms with E-state index in [1.54, 1.807) is 6.07 Å². The number of anilines is 1. The van der Waals surface area contributed by atoms with Crippen LogP contribution < -0.4 is 10.5 Å². The molecule has 0 radical (unpaired) electrons. The third-order valence-corrected chi connectivity index (χ3v) is 2.25. The molecule has 0 aliphatic rings. The predicted octanol–water partition coefficient (Wildman–Crippen LogP) is 3.23. The summed E-state index contributed by atoms with van der Waals surface area (Å²) in [5.41, 5.74) is 6.70. The molecule has 0 spiro atoms. The van der Waals surface area contributed by atoms with E-state index in [9.17, 15) is 13.2 Å². The molecule has 2 rings (SSSR count). The number of nitrogens with zero attached hydrogens (tertiary/aromatic N) is 1. The first-order valence-electron chi connectivity index (χ1n) is 5.02. The molecule has 0 fully saturated rings. The van der Waals surface area contributed by atoms with Crippen molar-refractivity contribution < 1.29 is 17.9 Å². The smallest absolute Gasteiger partial charge is 0.405 e. The Balaban J connectivity index is 2.49. The lowest BCUT2D eigenvalue weighted by molar-refractivity contribution is -0.274. The predicted molar refractivity (Wildman–Crippen MR) is 60.8 cm³/mol. The van der Waals surface area contributed by atoms with Crippen LogP contribution in [0.15, 0.2) is 42.7 Å². The summed E-state index contributed by atoms with van der Waals surface area (Å²) >= 11 is 0. The van der Waals surface area contributed by atoms with Crippen LogP contribution in [0.3, 0.4) is 0 Å². The molecule has 0 amide bonds. The zero-order valence-electron chi connectivity index (χ0n) is 9.11. The van der Waals surface area contributed by atoms with E-state index in [4.69, 9.17) is 5.73 Å². The van der Waals surface area contributed by atoms with Gasteiger partial charge >= 0.3 is 6.36 Å². The summed E-state index contributed by atoms with van der Waals surface area (Å²) in [5.74, 6) is -0.289. The number of ether oxygens (including phenoxy) is 1. The van der Waals surface area contributed by atoms with Crippen LogP contribution in [0, 0.1) is 0 Å². The van der Waals surface area contributed by atoms with Crippen molar-refractivity contribution in [2.24, 2.45) is 0 Å². The van der Waals surface area contributed by atoms with Crippen molar-refractivity contribution in [1.82, 2.24) is 4.98 Å². The van der Waals surface area contributed by atoms with Gasteiger partial charge in [0.25, 0.3) is 0 Å². The molecule has 6 heteroatoms. The molecule has 94 valence electrons. The Labute approximate surface area is 101 Å². The van der Waals surface area contributed by atoms with E-state index < -0.39 is 6.36 Å². The standard InChI is InChI=1S/C12H9F3N2O/c13-12(14,15)18-11-4-2-1-3-9(11)8-5-6-17-7-10(8)16/h1-7H,16H2. The number of nitrogens with two attached hydrogens (primary N) is 1. The van der Waals surface area contributed by atoms with Gasteiger partial charge < -0.3 is 10.5 Å². The zero-order valence-corrected chi connectivity index (χ0v) is 9.11. The molecule has 1 aromatic heterocycles. The van der Waals surface area contributed by atoms with E-state index in [1.807, 2.05) is 0 Å². The Hall–Kier alpha value is -2.24. The molecular formula is C12H9F3N2O. The Morgan fingerprint density at radius 3 is 2.44 bits per heavy atom. The summed E-state index contributed by atoms with van der Waals surface area (Å²) < 4.78 is 40.8. The number of hydrogen-bond donors (Lipinski definition) is 1. The van der Waals surface area contributed by atoms with Crippen LogP contribution in [0.4, 0.5) is 18.9 Å². The largest absolute Gasteiger partial charge is 0.573 e. The Kier molecular flexibility index (Phi) is 3.10. The van der Waals surface area contributed by atoms with Gasteiger partial charge in [-0.05, 0) is 12.1 Å². The number of aromatic nitrogens is 1. The SMILES string of the molecule is Nc1cnccc1-c1ccccc1OC(F)(F)F. The van der Waals surface area contributed by atoms with Crippen LogP contribution in [0.1, 0.15) is 0 Å². The van der Waals surface area contributed by atoms with Gasteiger partial charge in [0.2, 0.25) is 0 Å². The molecule has 1 aromatic carbocycles. The molecule has 0 atom stereocenters. The average Bonchev–Trinajstić information content (AvgIpc) is 2.29. The molecular weight excluding hydrogens is 245 g/mol. The second-order valence-electron chi connectivity index (χ2n) is 3.51. The number of alkyl halides is 3. The van der Waals surface area contributed by atoms with Crippen molar-refractivity contribution in [2.45, 2.75) is 6.36 Å². The molecule has 0 unspecified atom stereocenters.